The molecule has 0 atom stereocenters. The molecule has 0 spiro atoms. The van der Waals surface area contributed by atoms with Gasteiger partial charge in [0.15, 0.2) is 24.0 Å². The first-order chi connectivity index (χ1) is 57.7. The molecule has 0 unspecified atom stereocenters. The smallest absolute Gasteiger partial charge is 0.328 e. The van der Waals surface area contributed by atoms with Crippen molar-refractivity contribution < 1.29 is 9.53 Å². The Morgan fingerprint density at radius 2 is 0.850 bits per heavy atom. The Morgan fingerprint density at radius 1 is 0.358 bits per heavy atom. The van der Waals surface area contributed by atoms with E-state index >= 15 is 0 Å². The highest BCUT2D eigenvalue weighted by Crippen LogP contribution is 2.33. The van der Waals surface area contributed by atoms with Gasteiger partial charge in [-0.15, -0.1) is 0 Å². The van der Waals surface area contributed by atoms with Crippen LogP contribution in [0.4, 0.5) is 5.82 Å². The van der Waals surface area contributed by atoms with Crippen molar-refractivity contribution in [1.82, 2.24) is 82.3 Å². The molecule has 24 heteroatoms. The summed E-state index contributed by atoms with van der Waals surface area (Å²) in [7, 11) is 7.26. The van der Waals surface area contributed by atoms with Gasteiger partial charge in [-0.05, 0) is 202 Å². The fourth-order valence-electron chi connectivity index (χ4n) is 13.7. The third kappa shape index (κ3) is 18.7. The molecule has 18 rings (SSSR count). The van der Waals surface area contributed by atoms with Crippen LogP contribution in [0.15, 0.2) is 270 Å². The Labute approximate surface area is 695 Å². The maximum absolute atomic E-state index is 12.5. The fourth-order valence-corrected chi connectivity index (χ4v) is 13.7. The number of amides is 1. The molecule has 0 radical (unpaired) electrons. The van der Waals surface area contributed by atoms with Gasteiger partial charge in [0.1, 0.15) is 17.2 Å². The van der Waals surface area contributed by atoms with E-state index in [1.165, 1.54) is 22.3 Å². The lowest BCUT2D eigenvalue weighted by Gasteiger charge is -2.17. The van der Waals surface area contributed by atoms with E-state index in [1.54, 1.807) is 106 Å². The summed E-state index contributed by atoms with van der Waals surface area (Å²) in [6.45, 7) is 25.8. The summed E-state index contributed by atoms with van der Waals surface area (Å²) in [5.74, 6) is 5.69. The molecule has 608 valence electrons. The molecule has 1 N–H and O–H groups in total. The van der Waals surface area contributed by atoms with Crippen LogP contribution in [0.2, 0.25) is 0 Å². The summed E-state index contributed by atoms with van der Waals surface area (Å²) in [4.78, 5) is 99.0. The van der Waals surface area contributed by atoms with Crippen molar-refractivity contribution in [3.8, 4) is 57.0 Å². The molecule has 1 aliphatic rings. The minimum atomic E-state index is -0.183. The average Bonchev–Trinajstić information content (AvgIpc) is 1.41. The molecule has 15 heterocycles. The van der Waals surface area contributed by atoms with Crippen molar-refractivity contribution in [3.63, 3.8) is 0 Å². The average molecular weight is 1600 g/mol. The molecule has 1 aliphatic heterocycles. The SMILES string of the molecule is CC(C)c1ccnc(-c2ccc3c(=O)n(C)n(C)c3c2)c1.CC(C)c1ccnc(-c2ccc3c(c2)n(C)c(=O)n3C)c1.CC(C)c1ccnc(-c2cnc3c(c2)OCC(=O)N3)c1.CC(C)c1ccnc(-n2ccc3cccnc3c2=O)c1.CC(C)c1ccnc(-n2ccc3cnccc3c2=O)c1.CC(C)c1ccnc(-n2ncc3ccccc32)c1. The number of ether oxygens (including phenoxy) is 1. The van der Waals surface area contributed by atoms with Crippen molar-refractivity contribution in [2.45, 2.75) is 119 Å². The first kappa shape index (κ1) is 83.6. The number of aryl methyl sites for hydroxylation is 3. The number of rotatable bonds is 12. The van der Waals surface area contributed by atoms with Crippen LogP contribution in [0.5, 0.6) is 5.75 Å². The number of para-hydroxylation sites is 1. The van der Waals surface area contributed by atoms with Gasteiger partial charge >= 0.3 is 5.69 Å². The molecular weight excluding hydrogens is 1500 g/mol. The number of nitrogens with one attached hydrogen (secondary N) is 1. The van der Waals surface area contributed by atoms with E-state index in [-0.39, 0.29) is 34.9 Å². The third-order valence-corrected chi connectivity index (χ3v) is 21.2. The highest BCUT2D eigenvalue weighted by atomic mass is 16.5. The minimum absolute atomic E-state index is 0.00830. The summed E-state index contributed by atoms with van der Waals surface area (Å²) in [5.41, 5.74) is 17.2. The van der Waals surface area contributed by atoms with Crippen molar-refractivity contribution in [3.05, 3.63) is 325 Å². The number of anilines is 1. The highest BCUT2D eigenvalue weighted by Gasteiger charge is 2.20. The van der Waals surface area contributed by atoms with Crippen LogP contribution < -0.4 is 32.4 Å². The Kier molecular flexibility index (Phi) is 25.7. The van der Waals surface area contributed by atoms with E-state index in [4.69, 9.17) is 4.74 Å². The van der Waals surface area contributed by atoms with Gasteiger partial charge in [-0.1, -0.05) is 119 Å². The second kappa shape index (κ2) is 36.9. The maximum atomic E-state index is 12.5. The molecule has 120 heavy (non-hydrogen) atoms. The van der Waals surface area contributed by atoms with Crippen molar-refractivity contribution in [2.75, 3.05) is 11.9 Å². The number of benzene rings is 3. The zero-order valence-corrected chi connectivity index (χ0v) is 70.4. The number of carbonyl (C=O) groups excluding carboxylic acids is 1. The van der Waals surface area contributed by atoms with E-state index in [2.05, 4.69) is 181 Å². The standard InChI is InChI=1S/2C17H19N3O.2C16H15N3O.C15H15N3O2.C15H15N3/c1-11(2)12-7-8-18-14(9-12)13-5-6-15-16(10-13)20(4)17(21)19(15)3;1-11(2)12-7-8-18-15(9-12)13-5-6-14-16(10-13)19(3)20(4)17(14)21;1-11(2)12-3-7-18-15(9-12)19-8-5-13-10-17-6-4-14(13)16(19)20;1-11(2)13-5-8-17-14(10-13)19-9-6-12-4-3-7-18-15(12)16(19)20;1-9(2)10-3-4-16-12(5-10)11-6-13-15(17-7-11)18-14(19)8-20-13;1-11(2)12-7-8-16-15(9-12)18-14-6-4-3-5-13(14)10-17-18/h2*5-11H,1-4H3;2*3-11H,1-2H3;3-7,9H,8H2,1-2H3,(H,17,18,19);3-11H,1-2H3. The largest absolute Gasteiger partial charge is 0.480 e. The topological polar surface area (TPSA) is 270 Å². The lowest BCUT2D eigenvalue weighted by molar-refractivity contribution is -0.118. The summed E-state index contributed by atoms with van der Waals surface area (Å²) >= 11 is 0. The molecule has 3 aromatic carbocycles. The number of nitrogens with zero attached hydrogens (tertiary/aromatic N) is 17. The molecular formula is C96H98N18O6. The van der Waals surface area contributed by atoms with Gasteiger partial charge in [0, 0.05) is 135 Å². The molecule has 0 saturated heterocycles. The number of pyridine rings is 11. The van der Waals surface area contributed by atoms with Gasteiger partial charge in [0.05, 0.1) is 56.1 Å². The van der Waals surface area contributed by atoms with Gasteiger partial charge in [-0.3, -0.25) is 71.7 Å². The van der Waals surface area contributed by atoms with Crippen LogP contribution in [0.3, 0.4) is 0 Å². The zero-order chi connectivity index (χ0) is 85.2. The molecule has 0 bridgehead atoms. The summed E-state index contributed by atoms with van der Waals surface area (Å²) in [6, 6.07) is 55.5. The predicted octanol–water partition coefficient (Wildman–Crippen LogP) is 18.1. The van der Waals surface area contributed by atoms with Crippen LogP contribution >= 0.6 is 0 Å². The molecule has 14 aromatic heterocycles. The molecule has 1 amide bonds. The Hall–Kier alpha value is -14.3. The number of carbonyl (C=O) groups is 1. The monoisotopic (exact) mass is 1600 g/mol. The Morgan fingerprint density at radius 3 is 1.43 bits per heavy atom. The van der Waals surface area contributed by atoms with Crippen LogP contribution in [0.1, 0.15) is 152 Å². The molecule has 0 aliphatic carbocycles. The van der Waals surface area contributed by atoms with E-state index in [0.717, 1.165) is 94.3 Å². The second-order valence-electron chi connectivity index (χ2n) is 31.3. The molecule has 17 aromatic rings. The van der Waals surface area contributed by atoms with Crippen molar-refractivity contribution in [1.29, 1.82) is 0 Å². The lowest BCUT2D eigenvalue weighted by Crippen LogP contribution is -2.26. The highest BCUT2D eigenvalue weighted by molar-refractivity contribution is 5.94. The predicted molar refractivity (Wildman–Crippen MR) is 478 cm³/mol. The maximum Gasteiger partial charge on any atom is 0.328 e. The summed E-state index contributed by atoms with van der Waals surface area (Å²) in [6.07, 6.45) is 22.8. The van der Waals surface area contributed by atoms with Crippen LogP contribution in [-0.4, -0.2) is 94.8 Å². The fraction of sp³-hybridized carbons (Fsp3) is 0.240. The number of hydrogen-bond acceptors (Lipinski definition) is 16. The quantitative estimate of drug-likeness (QED) is 0.119. The van der Waals surface area contributed by atoms with Gasteiger partial charge in [-0.2, -0.15) is 5.10 Å². The molecule has 0 saturated carbocycles. The normalized spacial score (nSPS) is 11.7. The number of hydrogen-bond donors (Lipinski definition) is 1. The number of fused-ring (bicyclic) bond motifs is 6. The molecule has 24 nitrogen and oxygen atoms in total. The first-order valence-electron chi connectivity index (χ1n) is 40.1. The van der Waals surface area contributed by atoms with Crippen molar-refractivity contribution >= 4 is 66.2 Å². The summed E-state index contributed by atoms with van der Waals surface area (Å²) in [5, 5.41) is 11.3. The van der Waals surface area contributed by atoms with Crippen molar-refractivity contribution in [2.24, 2.45) is 28.2 Å². The third-order valence-electron chi connectivity index (χ3n) is 21.2. The van der Waals surface area contributed by atoms with Crippen LogP contribution in [-0.2, 0) is 33.0 Å². The zero-order valence-electron chi connectivity index (χ0n) is 70.4. The van der Waals surface area contributed by atoms with Crippen LogP contribution in [0.25, 0.3) is 106 Å². The van der Waals surface area contributed by atoms with E-state index in [0.29, 0.717) is 69.6 Å². The first-order valence-corrected chi connectivity index (χ1v) is 40.1. The van der Waals surface area contributed by atoms with Gasteiger partial charge in [0.2, 0.25) is 0 Å². The molecule has 0 fully saturated rings. The van der Waals surface area contributed by atoms with Crippen LogP contribution in [0, 0.1) is 0 Å². The van der Waals surface area contributed by atoms with E-state index in [9.17, 15) is 24.0 Å². The van der Waals surface area contributed by atoms with Gasteiger partial charge in [0.25, 0.3) is 22.6 Å². The number of imidazole rings is 1. The summed E-state index contributed by atoms with van der Waals surface area (Å²) < 4.78 is 17.2. The van der Waals surface area contributed by atoms with Gasteiger partial charge < -0.3 is 10.1 Å². The number of aromatic nitrogens is 17. The van der Waals surface area contributed by atoms with E-state index in [1.807, 2.05) is 163 Å². The Bertz CT molecular complexity index is 6640. The van der Waals surface area contributed by atoms with E-state index < -0.39 is 0 Å². The minimum Gasteiger partial charge on any atom is -0.480 e. The Balaban J connectivity index is 0.000000125. The lowest BCUT2D eigenvalue weighted by atomic mass is 10.0. The van der Waals surface area contributed by atoms with Gasteiger partial charge in [-0.25, -0.2) is 29.4 Å². The second-order valence-corrected chi connectivity index (χ2v) is 31.3.